The van der Waals surface area contributed by atoms with Crippen molar-refractivity contribution in [3.63, 3.8) is 0 Å². The molecule has 1 fully saturated rings. The number of urea groups is 1. The number of aliphatic hydroxyl groups is 1. The number of likely N-dealkylation sites (N-methyl/N-ethyl adjacent to an activating group) is 1. The highest BCUT2D eigenvalue weighted by Crippen LogP contribution is 2.31. The minimum Gasteiger partial charge on any atom is -0.394 e. The van der Waals surface area contributed by atoms with Crippen LogP contribution in [0.15, 0.2) is 48.5 Å². The van der Waals surface area contributed by atoms with Gasteiger partial charge in [-0.2, -0.15) is 0 Å². The van der Waals surface area contributed by atoms with Crippen molar-refractivity contribution in [2.75, 3.05) is 26.7 Å². The second kappa shape index (κ2) is 12.6. The largest absolute Gasteiger partial charge is 0.394 e. The minimum absolute atomic E-state index is 0.0692. The van der Waals surface area contributed by atoms with E-state index in [0.29, 0.717) is 25.3 Å². The van der Waals surface area contributed by atoms with E-state index in [1.54, 1.807) is 9.80 Å². The van der Waals surface area contributed by atoms with Crippen molar-refractivity contribution in [2.24, 2.45) is 5.92 Å². The van der Waals surface area contributed by atoms with Crippen LogP contribution < -0.4 is 5.32 Å². The lowest BCUT2D eigenvalue weighted by molar-refractivity contribution is -0.0185. The van der Waals surface area contributed by atoms with Crippen molar-refractivity contribution in [2.45, 2.75) is 70.7 Å². The number of amides is 3. The minimum atomic E-state index is -0.355. The number of aliphatic hydroxyl groups excluding tert-OH is 1. The van der Waals surface area contributed by atoms with Gasteiger partial charge in [0.2, 0.25) is 0 Å². The Kier molecular flexibility index (Phi) is 9.22. The van der Waals surface area contributed by atoms with Crippen molar-refractivity contribution < 1.29 is 19.4 Å². The van der Waals surface area contributed by atoms with Crippen LogP contribution in [-0.2, 0) is 11.3 Å². The summed E-state index contributed by atoms with van der Waals surface area (Å²) >= 11 is 0. The third kappa shape index (κ3) is 6.51. The number of carbonyl (C=O) groups is 2. The molecular weight excluding hydrogens is 466 g/mol. The van der Waals surface area contributed by atoms with Gasteiger partial charge in [0.1, 0.15) is 0 Å². The molecule has 2 aromatic carbocycles. The summed E-state index contributed by atoms with van der Waals surface area (Å²) in [6, 6.07) is 15.4. The zero-order valence-corrected chi connectivity index (χ0v) is 22.4. The van der Waals surface area contributed by atoms with Crippen molar-refractivity contribution >= 4 is 11.9 Å². The Bertz CT molecular complexity index is 1070. The van der Waals surface area contributed by atoms with Crippen LogP contribution in [-0.4, -0.2) is 71.8 Å². The Hall–Kier alpha value is -2.90. The maximum absolute atomic E-state index is 13.9. The summed E-state index contributed by atoms with van der Waals surface area (Å²) in [7, 11) is 1.81. The molecule has 200 valence electrons. The van der Waals surface area contributed by atoms with Gasteiger partial charge in [0.15, 0.2) is 0 Å². The van der Waals surface area contributed by atoms with Crippen molar-refractivity contribution in [3.8, 4) is 11.1 Å². The van der Waals surface area contributed by atoms with E-state index in [4.69, 9.17) is 4.74 Å². The molecule has 2 aromatic rings. The van der Waals surface area contributed by atoms with E-state index in [-0.39, 0.29) is 42.7 Å². The van der Waals surface area contributed by atoms with Gasteiger partial charge in [-0.05, 0) is 42.5 Å². The molecule has 37 heavy (non-hydrogen) atoms. The predicted octanol–water partition coefficient (Wildman–Crippen LogP) is 4.69. The molecule has 3 amide bonds. The third-order valence-corrected chi connectivity index (χ3v) is 7.83. The summed E-state index contributed by atoms with van der Waals surface area (Å²) in [5, 5.41) is 13.2. The molecule has 0 spiro atoms. The van der Waals surface area contributed by atoms with Gasteiger partial charge < -0.3 is 25.0 Å². The molecule has 0 radical (unpaired) electrons. The SMILES string of the molecule is C[C@@H]1CN([C@H](C)CO)C(=O)c2ccccc2-c2ccccc2CO[C@H]1CN(C)C(=O)NC1CCCCC1. The lowest BCUT2D eigenvalue weighted by Gasteiger charge is -2.35. The number of nitrogens with zero attached hydrogens (tertiary/aromatic N) is 2. The van der Waals surface area contributed by atoms with Crippen molar-refractivity contribution in [1.82, 2.24) is 15.1 Å². The molecule has 2 N–H and O–H groups in total. The zero-order chi connectivity index (χ0) is 26.4. The fourth-order valence-electron chi connectivity index (χ4n) is 5.44. The average molecular weight is 508 g/mol. The number of hydrogen-bond acceptors (Lipinski definition) is 4. The van der Waals surface area contributed by atoms with Gasteiger partial charge in [0.05, 0.1) is 25.4 Å². The number of ether oxygens (including phenoxy) is 1. The van der Waals surface area contributed by atoms with E-state index in [1.165, 1.54) is 6.42 Å². The van der Waals surface area contributed by atoms with Gasteiger partial charge in [-0.15, -0.1) is 0 Å². The Labute approximate surface area is 220 Å². The molecule has 0 bridgehead atoms. The summed E-state index contributed by atoms with van der Waals surface area (Å²) in [5.41, 5.74) is 3.43. The lowest BCUT2D eigenvalue weighted by atomic mass is 9.94. The molecule has 0 unspecified atom stereocenters. The molecule has 1 aliphatic carbocycles. The maximum Gasteiger partial charge on any atom is 0.317 e. The van der Waals surface area contributed by atoms with E-state index in [9.17, 15) is 14.7 Å². The van der Waals surface area contributed by atoms with Crippen molar-refractivity contribution in [1.29, 1.82) is 0 Å². The van der Waals surface area contributed by atoms with E-state index in [1.807, 2.05) is 62.5 Å². The highest BCUT2D eigenvalue weighted by molar-refractivity contribution is 6.01. The second-order valence-electron chi connectivity index (χ2n) is 10.7. The zero-order valence-electron chi connectivity index (χ0n) is 22.4. The first-order valence-electron chi connectivity index (χ1n) is 13.6. The van der Waals surface area contributed by atoms with E-state index >= 15 is 0 Å². The topological polar surface area (TPSA) is 82.1 Å². The van der Waals surface area contributed by atoms with Crippen molar-refractivity contribution in [3.05, 3.63) is 59.7 Å². The standard InChI is InChI=1S/C30H41N3O4/c1-21-17-33(22(2)19-34)29(35)27-16-10-9-15-26(27)25-14-8-7-11-23(25)20-37-28(21)18-32(3)30(36)31-24-12-5-4-6-13-24/h7-11,14-16,21-22,24,28,34H,4-6,12-13,17-20H2,1-3H3,(H,31,36)/t21-,22-,28+/m1/s1. The molecule has 1 heterocycles. The highest BCUT2D eigenvalue weighted by Gasteiger charge is 2.31. The second-order valence-corrected chi connectivity index (χ2v) is 10.7. The number of benzene rings is 2. The predicted molar refractivity (Wildman–Crippen MR) is 145 cm³/mol. The molecule has 0 saturated heterocycles. The first kappa shape index (κ1) is 27.1. The number of fused-ring (bicyclic) bond motifs is 3. The molecule has 0 aromatic heterocycles. The summed E-state index contributed by atoms with van der Waals surface area (Å²) in [5.74, 6) is -0.178. The lowest BCUT2D eigenvalue weighted by Crippen LogP contribution is -2.50. The average Bonchev–Trinajstić information content (AvgIpc) is 2.94. The fourth-order valence-corrected chi connectivity index (χ4v) is 5.44. The van der Waals surface area contributed by atoms with Gasteiger partial charge >= 0.3 is 6.03 Å². The Morgan fingerprint density at radius 3 is 2.43 bits per heavy atom. The molecule has 2 aliphatic rings. The normalized spacial score (nSPS) is 21.8. The van der Waals surface area contributed by atoms with Crippen LogP contribution in [0.25, 0.3) is 11.1 Å². The van der Waals surface area contributed by atoms with Crippen LogP contribution in [0.2, 0.25) is 0 Å². The summed E-state index contributed by atoms with van der Waals surface area (Å²) < 4.78 is 6.51. The van der Waals surface area contributed by atoms with E-state index in [0.717, 1.165) is 42.4 Å². The Morgan fingerprint density at radius 2 is 1.73 bits per heavy atom. The molecular formula is C30H41N3O4. The first-order chi connectivity index (χ1) is 17.9. The van der Waals surface area contributed by atoms with Crippen LogP contribution in [0.3, 0.4) is 0 Å². The molecule has 7 nitrogen and oxygen atoms in total. The molecule has 1 aliphatic heterocycles. The third-order valence-electron chi connectivity index (χ3n) is 7.83. The summed E-state index contributed by atoms with van der Waals surface area (Å²) in [4.78, 5) is 30.3. The summed E-state index contributed by atoms with van der Waals surface area (Å²) in [6.45, 7) is 4.98. The van der Waals surface area contributed by atoms with Crippen LogP contribution in [0.5, 0.6) is 0 Å². The van der Waals surface area contributed by atoms with Crippen LogP contribution in [0.1, 0.15) is 61.9 Å². The van der Waals surface area contributed by atoms with E-state index in [2.05, 4.69) is 12.2 Å². The fraction of sp³-hybridized carbons (Fsp3) is 0.533. The van der Waals surface area contributed by atoms with Gasteiger partial charge in [0.25, 0.3) is 5.91 Å². The van der Waals surface area contributed by atoms with Gasteiger partial charge in [-0.25, -0.2) is 4.79 Å². The summed E-state index contributed by atoms with van der Waals surface area (Å²) in [6.07, 6.45) is 5.32. The van der Waals surface area contributed by atoms with Crippen LogP contribution in [0.4, 0.5) is 4.79 Å². The number of nitrogens with one attached hydrogen (secondary N) is 1. The van der Waals surface area contributed by atoms with Crippen LogP contribution >= 0.6 is 0 Å². The number of hydrogen-bond donors (Lipinski definition) is 2. The van der Waals surface area contributed by atoms with Gasteiger partial charge in [-0.1, -0.05) is 68.7 Å². The maximum atomic E-state index is 13.9. The Balaban J connectivity index is 1.62. The number of rotatable bonds is 5. The monoisotopic (exact) mass is 507 g/mol. The molecule has 3 atom stereocenters. The van der Waals surface area contributed by atoms with Gasteiger partial charge in [0, 0.05) is 37.7 Å². The highest BCUT2D eigenvalue weighted by atomic mass is 16.5. The number of carbonyl (C=O) groups excluding carboxylic acids is 2. The van der Waals surface area contributed by atoms with Gasteiger partial charge in [-0.3, -0.25) is 4.79 Å². The first-order valence-corrected chi connectivity index (χ1v) is 13.6. The molecule has 4 rings (SSSR count). The quantitative estimate of drug-likeness (QED) is 0.615. The van der Waals surface area contributed by atoms with E-state index < -0.39 is 0 Å². The molecule has 7 heteroatoms. The molecule has 1 saturated carbocycles. The Morgan fingerprint density at radius 1 is 1.08 bits per heavy atom. The van der Waals surface area contributed by atoms with Crippen LogP contribution in [0, 0.1) is 5.92 Å². The smallest absolute Gasteiger partial charge is 0.317 e.